The third-order valence-electron chi connectivity index (χ3n) is 2.18. The molecular formula is C11H10BrN3OS. The van der Waals surface area contributed by atoms with Gasteiger partial charge in [0.25, 0.3) is 0 Å². The second-order valence-corrected chi connectivity index (χ2v) is 5.12. The first-order valence-electron chi connectivity index (χ1n) is 4.85. The first-order chi connectivity index (χ1) is 8.16. The lowest BCUT2D eigenvalue weighted by Gasteiger charge is -2.15. The van der Waals surface area contributed by atoms with Gasteiger partial charge in [-0.05, 0) is 44.4 Å². The average Bonchev–Trinajstić information content (AvgIpc) is 2.78. The van der Waals surface area contributed by atoms with E-state index >= 15 is 0 Å². The average molecular weight is 312 g/mol. The van der Waals surface area contributed by atoms with Crippen LogP contribution in [0.25, 0.3) is 0 Å². The Kier molecular flexibility index (Phi) is 3.75. The van der Waals surface area contributed by atoms with E-state index in [1.165, 1.54) is 11.3 Å². The van der Waals surface area contributed by atoms with E-state index in [2.05, 4.69) is 26.2 Å². The molecule has 0 saturated heterocycles. The molecule has 1 amide bonds. The van der Waals surface area contributed by atoms with Gasteiger partial charge < -0.3 is 11.1 Å². The van der Waals surface area contributed by atoms with Crippen LogP contribution in [0.3, 0.4) is 0 Å². The maximum Gasteiger partial charge on any atom is 0.244 e. The van der Waals surface area contributed by atoms with Crippen molar-refractivity contribution < 1.29 is 4.79 Å². The Morgan fingerprint density at radius 1 is 1.53 bits per heavy atom. The standard InChI is InChI=1S/C11H10BrN3OS/c12-8-3-9(5-14-4-8)15-10(11(13)16)7-1-2-17-6-7/h1-6,10,15H,(H2,13,16)/t10-/m0/s1. The number of rotatable bonds is 4. The highest BCUT2D eigenvalue weighted by Crippen LogP contribution is 2.22. The van der Waals surface area contributed by atoms with E-state index in [1.807, 2.05) is 22.9 Å². The Morgan fingerprint density at radius 3 is 2.94 bits per heavy atom. The van der Waals surface area contributed by atoms with E-state index in [1.54, 1.807) is 12.4 Å². The number of hydrogen-bond donors (Lipinski definition) is 2. The van der Waals surface area contributed by atoms with Gasteiger partial charge in [0.2, 0.25) is 5.91 Å². The Balaban J connectivity index is 2.22. The molecule has 0 unspecified atom stereocenters. The molecule has 2 heterocycles. The number of aromatic nitrogens is 1. The summed E-state index contributed by atoms with van der Waals surface area (Å²) in [6.07, 6.45) is 3.32. The Morgan fingerprint density at radius 2 is 2.35 bits per heavy atom. The minimum atomic E-state index is -0.530. The minimum Gasteiger partial charge on any atom is -0.369 e. The third-order valence-corrected chi connectivity index (χ3v) is 3.31. The Hall–Kier alpha value is -1.40. The number of carbonyl (C=O) groups excluding carboxylic acids is 1. The predicted molar refractivity (Wildman–Crippen MR) is 71.8 cm³/mol. The summed E-state index contributed by atoms with van der Waals surface area (Å²) in [7, 11) is 0. The van der Waals surface area contributed by atoms with E-state index < -0.39 is 11.9 Å². The van der Waals surface area contributed by atoms with Crippen molar-refractivity contribution in [2.45, 2.75) is 6.04 Å². The number of amides is 1. The molecular weight excluding hydrogens is 302 g/mol. The van der Waals surface area contributed by atoms with Crippen molar-refractivity contribution in [3.8, 4) is 0 Å². The summed E-state index contributed by atoms with van der Waals surface area (Å²) in [4.78, 5) is 15.4. The summed E-state index contributed by atoms with van der Waals surface area (Å²) in [5.41, 5.74) is 6.99. The first-order valence-corrected chi connectivity index (χ1v) is 6.59. The maximum atomic E-state index is 11.4. The van der Waals surface area contributed by atoms with E-state index in [4.69, 9.17) is 5.73 Å². The van der Waals surface area contributed by atoms with Crippen molar-refractivity contribution in [3.63, 3.8) is 0 Å². The Labute approximate surface area is 111 Å². The SMILES string of the molecule is NC(=O)[C@@H](Nc1cncc(Br)c1)c1ccsc1. The van der Waals surface area contributed by atoms with Crippen LogP contribution in [-0.2, 0) is 4.79 Å². The van der Waals surface area contributed by atoms with Crippen molar-refractivity contribution in [2.75, 3.05) is 5.32 Å². The Bertz CT molecular complexity index is 515. The molecule has 0 aliphatic heterocycles. The number of pyridine rings is 1. The fourth-order valence-corrected chi connectivity index (χ4v) is 2.47. The van der Waals surface area contributed by atoms with Gasteiger partial charge in [0.05, 0.1) is 11.9 Å². The molecule has 2 aromatic rings. The van der Waals surface area contributed by atoms with Gasteiger partial charge >= 0.3 is 0 Å². The summed E-state index contributed by atoms with van der Waals surface area (Å²) >= 11 is 4.85. The number of thiophene rings is 1. The highest BCUT2D eigenvalue weighted by Gasteiger charge is 2.17. The highest BCUT2D eigenvalue weighted by atomic mass is 79.9. The molecule has 0 bridgehead atoms. The van der Waals surface area contributed by atoms with Crippen LogP contribution in [0.1, 0.15) is 11.6 Å². The molecule has 17 heavy (non-hydrogen) atoms. The molecule has 2 rings (SSSR count). The number of primary amides is 1. The predicted octanol–water partition coefficient (Wildman–Crippen LogP) is 2.54. The maximum absolute atomic E-state index is 11.4. The number of nitrogens with one attached hydrogen (secondary N) is 1. The minimum absolute atomic E-state index is 0.414. The van der Waals surface area contributed by atoms with Gasteiger partial charge in [-0.2, -0.15) is 11.3 Å². The molecule has 4 nitrogen and oxygen atoms in total. The van der Waals surface area contributed by atoms with Crippen LogP contribution in [0.15, 0.2) is 39.8 Å². The van der Waals surface area contributed by atoms with E-state index in [-0.39, 0.29) is 0 Å². The number of halogens is 1. The lowest BCUT2D eigenvalue weighted by molar-refractivity contribution is -0.118. The fourth-order valence-electron chi connectivity index (χ4n) is 1.42. The lowest BCUT2D eigenvalue weighted by Crippen LogP contribution is -2.27. The monoisotopic (exact) mass is 311 g/mol. The van der Waals surface area contributed by atoms with E-state index in [9.17, 15) is 4.79 Å². The van der Waals surface area contributed by atoms with Crippen LogP contribution in [0.2, 0.25) is 0 Å². The van der Waals surface area contributed by atoms with Gasteiger partial charge in [0.1, 0.15) is 6.04 Å². The molecule has 1 atom stereocenters. The van der Waals surface area contributed by atoms with Crippen LogP contribution < -0.4 is 11.1 Å². The smallest absolute Gasteiger partial charge is 0.244 e. The molecule has 0 aliphatic rings. The third kappa shape index (κ3) is 3.04. The van der Waals surface area contributed by atoms with Crippen LogP contribution in [0.5, 0.6) is 0 Å². The van der Waals surface area contributed by atoms with Gasteiger partial charge in [-0.3, -0.25) is 9.78 Å². The van der Waals surface area contributed by atoms with Gasteiger partial charge in [0.15, 0.2) is 0 Å². The zero-order chi connectivity index (χ0) is 12.3. The summed E-state index contributed by atoms with van der Waals surface area (Å²) < 4.78 is 0.844. The van der Waals surface area contributed by atoms with Gasteiger partial charge in [-0.25, -0.2) is 0 Å². The highest BCUT2D eigenvalue weighted by molar-refractivity contribution is 9.10. The van der Waals surface area contributed by atoms with Gasteiger partial charge in [-0.1, -0.05) is 0 Å². The van der Waals surface area contributed by atoms with Crippen molar-refractivity contribution in [2.24, 2.45) is 5.73 Å². The number of nitrogens with two attached hydrogens (primary N) is 1. The number of carbonyl (C=O) groups is 1. The van der Waals surface area contributed by atoms with Crippen molar-refractivity contribution in [3.05, 3.63) is 45.3 Å². The zero-order valence-electron chi connectivity index (χ0n) is 8.76. The second kappa shape index (κ2) is 5.29. The number of nitrogens with zero attached hydrogens (tertiary/aromatic N) is 1. The molecule has 0 fully saturated rings. The summed E-state index contributed by atoms with van der Waals surface area (Å²) in [5.74, 6) is -0.414. The number of hydrogen-bond acceptors (Lipinski definition) is 4. The van der Waals surface area contributed by atoms with E-state index in [0.717, 1.165) is 15.7 Å². The molecule has 88 valence electrons. The van der Waals surface area contributed by atoms with E-state index in [0.29, 0.717) is 0 Å². The van der Waals surface area contributed by atoms with Crippen LogP contribution in [-0.4, -0.2) is 10.9 Å². The largest absolute Gasteiger partial charge is 0.369 e. The molecule has 0 spiro atoms. The zero-order valence-corrected chi connectivity index (χ0v) is 11.2. The summed E-state index contributed by atoms with van der Waals surface area (Å²) in [6, 6.07) is 3.19. The second-order valence-electron chi connectivity index (χ2n) is 3.43. The van der Waals surface area contributed by atoms with Gasteiger partial charge in [0, 0.05) is 10.7 Å². The summed E-state index contributed by atoms with van der Waals surface area (Å²) in [5, 5.41) is 6.87. The first kappa shape index (κ1) is 12.1. The molecule has 0 aromatic carbocycles. The van der Waals surface area contributed by atoms with Crippen molar-refractivity contribution >= 4 is 38.9 Å². The molecule has 0 aliphatic carbocycles. The molecule has 0 radical (unpaired) electrons. The van der Waals surface area contributed by atoms with Crippen LogP contribution in [0.4, 0.5) is 5.69 Å². The molecule has 3 N–H and O–H groups in total. The summed E-state index contributed by atoms with van der Waals surface area (Å²) in [6.45, 7) is 0. The van der Waals surface area contributed by atoms with Crippen molar-refractivity contribution in [1.82, 2.24) is 4.98 Å². The lowest BCUT2D eigenvalue weighted by atomic mass is 10.1. The topological polar surface area (TPSA) is 68.0 Å². The van der Waals surface area contributed by atoms with Crippen LogP contribution in [0, 0.1) is 0 Å². The molecule has 0 saturated carbocycles. The fraction of sp³-hybridized carbons (Fsp3) is 0.0909. The number of anilines is 1. The molecule has 6 heteroatoms. The normalized spacial score (nSPS) is 12.1. The van der Waals surface area contributed by atoms with Crippen LogP contribution >= 0.6 is 27.3 Å². The van der Waals surface area contributed by atoms with Gasteiger partial charge in [-0.15, -0.1) is 0 Å². The van der Waals surface area contributed by atoms with Crippen molar-refractivity contribution in [1.29, 1.82) is 0 Å². The molecule has 2 aromatic heterocycles. The quantitative estimate of drug-likeness (QED) is 0.911.